The fourth-order valence-electron chi connectivity index (χ4n) is 0.813. The summed E-state index contributed by atoms with van der Waals surface area (Å²) >= 11 is 0. The van der Waals surface area contributed by atoms with Crippen molar-refractivity contribution in [2.24, 2.45) is 0 Å². The van der Waals surface area contributed by atoms with Gasteiger partial charge in [-0.25, -0.2) is 0 Å². The summed E-state index contributed by atoms with van der Waals surface area (Å²) in [5, 5.41) is 0. The maximum absolute atomic E-state index is 5.04. The highest BCUT2D eigenvalue weighted by molar-refractivity contribution is 5.33. The van der Waals surface area contributed by atoms with Gasteiger partial charge in [-0.2, -0.15) is 0 Å². The molecule has 0 N–H and O–H groups in total. The third-order valence-corrected chi connectivity index (χ3v) is 1.24. The van der Waals surface area contributed by atoms with E-state index in [9.17, 15) is 0 Å². The SMILES string of the molecule is C=COc1cccc(OC=C)c1. The molecule has 0 aliphatic rings. The molecule has 0 atom stereocenters. The first-order valence-corrected chi connectivity index (χ1v) is 3.52. The Labute approximate surface area is 71.7 Å². The lowest BCUT2D eigenvalue weighted by molar-refractivity contribution is 0.460. The van der Waals surface area contributed by atoms with Crippen molar-refractivity contribution in [3.05, 3.63) is 49.9 Å². The fourth-order valence-corrected chi connectivity index (χ4v) is 0.813. The lowest BCUT2D eigenvalue weighted by Crippen LogP contribution is -1.83. The largest absolute Gasteiger partial charge is 0.465 e. The lowest BCUT2D eigenvalue weighted by Gasteiger charge is -2.02. The number of hydrogen-bond acceptors (Lipinski definition) is 2. The molecule has 0 aliphatic carbocycles. The minimum Gasteiger partial charge on any atom is -0.465 e. The average Bonchev–Trinajstić information content (AvgIpc) is 2.06. The fraction of sp³-hybridized carbons (Fsp3) is 0. The number of ether oxygens (including phenoxy) is 2. The molecular weight excluding hydrogens is 152 g/mol. The van der Waals surface area contributed by atoms with E-state index >= 15 is 0 Å². The molecule has 0 fully saturated rings. The van der Waals surface area contributed by atoms with Crippen LogP contribution in [0.25, 0.3) is 0 Å². The van der Waals surface area contributed by atoms with E-state index in [0.29, 0.717) is 11.5 Å². The van der Waals surface area contributed by atoms with Crippen molar-refractivity contribution in [1.82, 2.24) is 0 Å². The van der Waals surface area contributed by atoms with Crippen LogP contribution in [0.4, 0.5) is 0 Å². The Morgan fingerprint density at radius 3 is 1.92 bits per heavy atom. The van der Waals surface area contributed by atoms with Crippen LogP contribution in [0.15, 0.2) is 49.9 Å². The zero-order valence-electron chi connectivity index (χ0n) is 6.69. The Morgan fingerprint density at radius 1 is 1.00 bits per heavy atom. The maximum atomic E-state index is 5.04. The number of hydrogen-bond donors (Lipinski definition) is 0. The van der Waals surface area contributed by atoms with E-state index in [4.69, 9.17) is 9.47 Å². The first-order chi connectivity index (χ1) is 5.86. The molecule has 1 rings (SSSR count). The summed E-state index contributed by atoms with van der Waals surface area (Å²) in [5.74, 6) is 1.40. The van der Waals surface area contributed by atoms with Crippen LogP contribution < -0.4 is 9.47 Å². The van der Waals surface area contributed by atoms with Gasteiger partial charge in [0.1, 0.15) is 11.5 Å². The third-order valence-electron chi connectivity index (χ3n) is 1.24. The minimum atomic E-state index is 0.698. The number of benzene rings is 1. The van der Waals surface area contributed by atoms with E-state index in [-0.39, 0.29) is 0 Å². The summed E-state index contributed by atoms with van der Waals surface area (Å²) in [4.78, 5) is 0. The summed E-state index contributed by atoms with van der Waals surface area (Å²) in [6, 6.07) is 7.22. The van der Waals surface area contributed by atoms with Crippen molar-refractivity contribution in [2.45, 2.75) is 0 Å². The van der Waals surface area contributed by atoms with E-state index < -0.39 is 0 Å². The van der Waals surface area contributed by atoms with Gasteiger partial charge in [-0.1, -0.05) is 19.2 Å². The van der Waals surface area contributed by atoms with E-state index in [2.05, 4.69) is 13.2 Å². The van der Waals surface area contributed by atoms with Crippen LogP contribution in [0, 0.1) is 0 Å². The molecule has 0 saturated heterocycles. The van der Waals surface area contributed by atoms with Crippen LogP contribution in [-0.2, 0) is 0 Å². The average molecular weight is 162 g/mol. The Kier molecular flexibility index (Phi) is 2.96. The smallest absolute Gasteiger partial charge is 0.130 e. The lowest BCUT2D eigenvalue weighted by atomic mass is 10.3. The van der Waals surface area contributed by atoms with Gasteiger partial charge in [0.15, 0.2) is 0 Å². The van der Waals surface area contributed by atoms with Gasteiger partial charge in [-0.15, -0.1) is 0 Å². The molecule has 0 bridgehead atoms. The zero-order valence-corrected chi connectivity index (χ0v) is 6.69. The normalized spacial score (nSPS) is 8.67. The second-order valence-corrected chi connectivity index (χ2v) is 2.04. The molecule has 0 aromatic heterocycles. The summed E-state index contributed by atoms with van der Waals surface area (Å²) in [7, 11) is 0. The Bertz CT molecular complexity index is 254. The van der Waals surface area contributed by atoms with Gasteiger partial charge in [0.25, 0.3) is 0 Å². The van der Waals surface area contributed by atoms with Gasteiger partial charge in [0.2, 0.25) is 0 Å². The summed E-state index contributed by atoms with van der Waals surface area (Å²) < 4.78 is 10.1. The monoisotopic (exact) mass is 162 g/mol. The van der Waals surface area contributed by atoms with Gasteiger partial charge in [0.05, 0.1) is 12.5 Å². The van der Waals surface area contributed by atoms with Crippen molar-refractivity contribution in [1.29, 1.82) is 0 Å². The summed E-state index contributed by atoms with van der Waals surface area (Å²) in [6.07, 6.45) is 2.74. The minimum absolute atomic E-state index is 0.698. The van der Waals surface area contributed by atoms with Gasteiger partial charge >= 0.3 is 0 Å². The zero-order chi connectivity index (χ0) is 8.81. The molecule has 12 heavy (non-hydrogen) atoms. The molecule has 0 unspecified atom stereocenters. The molecule has 0 radical (unpaired) electrons. The second-order valence-electron chi connectivity index (χ2n) is 2.04. The molecule has 1 aromatic carbocycles. The molecule has 0 saturated carbocycles. The van der Waals surface area contributed by atoms with Crippen molar-refractivity contribution in [3.8, 4) is 11.5 Å². The molecule has 2 nitrogen and oxygen atoms in total. The van der Waals surface area contributed by atoms with Gasteiger partial charge < -0.3 is 9.47 Å². The van der Waals surface area contributed by atoms with Crippen LogP contribution in [0.3, 0.4) is 0 Å². The standard InChI is InChI=1S/C10H10O2/c1-3-11-9-6-5-7-10(8-9)12-4-2/h3-8H,1-2H2. The molecular formula is C10H10O2. The predicted octanol–water partition coefficient (Wildman–Crippen LogP) is 2.73. The highest BCUT2D eigenvalue weighted by Gasteiger charge is 1.93. The Hall–Kier alpha value is -1.70. The molecule has 0 heterocycles. The van der Waals surface area contributed by atoms with Crippen molar-refractivity contribution in [3.63, 3.8) is 0 Å². The van der Waals surface area contributed by atoms with E-state index in [1.54, 1.807) is 6.07 Å². The van der Waals surface area contributed by atoms with E-state index in [0.717, 1.165) is 0 Å². The predicted molar refractivity (Wildman–Crippen MR) is 48.1 cm³/mol. The van der Waals surface area contributed by atoms with E-state index in [1.807, 2.05) is 18.2 Å². The highest BCUT2D eigenvalue weighted by atomic mass is 16.5. The summed E-state index contributed by atoms with van der Waals surface area (Å²) in [6.45, 7) is 6.90. The van der Waals surface area contributed by atoms with Crippen LogP contribution in [-0.4, -0.2) is 0 Å². The van der Waals surface area contributed by atoms with Gasteiger partial charge in [-0.3, -0.25) is 0 Å². The molecule has 2 heteroatoms. The van der Waals surface area contributed by atoms with Gasteiger partial charge in [0, 0.05) is 6.07 Å². The summed E-state index contributed by atoms with van der Waals surface area (Å²) in [5.41, 5.74) is 0. The van der Waals surface area contributed by atoms with Crippen molar-refractivity contribution in [2.75, 3.05) is 0 Å². The topological polar surface area (TPSA) is 18.5 Å². The Morgan fingerprint density at radius 2 is 1.50 bits per heavy atom. The van der Waals surface area contributed by atoms with Crippen molar-refractivity contribution >= 4 is 0 Å². The molecule has 1 aromatic rings. The van der Waals surface area contributed by atoms with Crippen LogP contribution in [0.5, 0.6) is 11.5 Å². The van der Waals surface area contributed by atoms with Crippen LogP contribution >= 0.6 is 0 Å². The third kappa shape index (κ3) is 2.16. The second kappa shape index (κ2) is 4.23. The Balaban J connectivity index is 2.79. The van der Waals surface area contributed by atoms with Crippen molar-refractivity contribution < 1.29 is 9.47 Å². The molecule has 62 valence electrons. The first-order valence-electron chi connectivity index (χ1n) is 3.52. The molecule has 0 aliphatic heterocycles. The van der Waals surface area contributed by atoms with E-state index in [1.165, 1.54) is 12.5 Å². The maximum Gasteiger partial charge on any atom is 0.130 e. The van der Waals surface area contributed by atoms with Gasteiger partial charge in [-0.05, 0) is 12.1 Å². The highest BCUT2D eigenvalue weighted by Crippen LogP contribution is 2.19. The molecule has 0 spiro atoms. The first kappa shape index (κ1) is 8.40. The van der Waals surface area contributed by atoms with Crippen LogP contribution in [0.2, 0.25) is 0 Å². The number of rotatable bonds is 4. The molecule has 0 amide bonds. The van der Waals surface area contributed by atoms with Crippen LogP contribution in [0.1, 0.15) is 0 Å². The quantitative estimate of drug-likeness (QED) is 0.634.